The van der Waals surface area contributed by atoms with Crippen LogP contribution in [0, 0.1) is 0 Å². The molecule has 0 aromatic carbocycles. The normalized spacial score (nSPS) is 32.4. The van der Waals surface area contributed by atoms with Crippen LogP contribution in [0.3, 0.4) is 0 Å². The van der Waals surface area contributed by atoms with Crippen LogP contribution in [0.5, 0.6) is 0 Å². The van der Waals surface area contributed by atoms with Gasteiger partial charge in [0, 0.05) is 6.54 Å². The predicted octanol–water partition coefficient (Wildman–Crippen LogP) is 2.65. The number of hydrogen-bond acceptors (Lipinski definition) is 2. The Morgan fingerprint density at radius 1 is 1.43 bits per heavy atom. The molecule has 0 aromatic heterocycles. The van der Waals surface area contributed by atoms with E-state index < -0.39 is 8.80 Å². The van der Waals surface area contributed by atoms with Crippen LogP contribution in [0.1, 0.15) is 46.0 Å². The van der Waals surface area contributed by atoms with E-state index in [1.54, 1.807) is 0 Å². The first-order chi connectivity index (χ1) is 6.75. The lowest BCUT2D eigenvalue weighted by molar-refractivity contribution is -0.0610. The highest BCUT2D eigenvalue weighted by Crippen LogP contribution is 2.36. The van der Waals surface area contributed by atoms with Crippen LogP contribution in [0.2, 0.25) is 12.6 Å². The monoisotopic (exact) mass is 215 g/mol. The summed E-state index contributed by atoms with van der Waals surface area (Å²) in [5, 5.41) is 0.284. The minimum Gasteiger partial charge on any atom is -0.299 e. The third-order valence-corrected chi connectivity index (χ3v) is 7.27. The van der Waals surface area contributed by atoms with Crippen molar-refractivity contribution in [3.63, 3.8) is 0 Å². The molecule has 1 fully saturated rings. The van der Waals surface area contributed by atoms with Crippen molar-refractivity contribution < 1.29 is 4.84 Å². The highest BCUT2D eigenvalue weighted by Gasteiger charge is 2.41. The number of hydroxylamine groups is 1. The van der Waals surface area contributed by atoms with Gasteiger partial charge in [-0.2, -0.15) is 0 Å². The van der Waals surface area contributed by atoms with Crippen molar-refractivity contribution in [2.45, 2.75) is 63.8 Å². The van der Waals surface area contributed by atoms with E-state index in [9.17, 15) is 0 Å². The van der Waals surface area contributed by atoms with Crippen molar-refractivity contribution in [3.8, 4) is 0 Å². The molecule has 1 N–H and O–H groups in total. The van der Waals surface area contributed by atoms with Crippen molar-refractivity contribution in [3.05, 3.63) is 0 Å². The fourth-order valence-electron chi connectivity index (χ4n) is 2.48. The lowest BCUT2D eigenvalue weighted by atomic mass is 10.1. The van der Waals surface area contributed by atoms with E-state index in [0.29, 0.717) is 0 Å². The van der Waals surface area contributed by atoms with E-state index >= 15 is 0 Å². The summed E-state index contributed by atoms with van der Waals surface area (Å²) in [7, 11) is -0.648. The Bertz CT molecular complexity index is 155. The molecule has 0 saturated carbocycles. The van der Waals surface area contributed by atoms with Crippen LogP contribution in [0.4, 0.5) is 0 Å². The molecule has 3 heteroatoms. The van der Waals surface area contributed by atoms with Crippen LogP contribution in [0.25, 0.3) is 0 Å². The zero-order valence-corrected chi connectivity index (χ0v) is 11.1. The van der Waals surface area contributed by atoms with Crippen molar-refractivity contribution in [2.75, 3.05) is 6.54 Å². The molecule has 2 nitrogen and oxygen atoms in total. The van der Waals surface area contributed by atoms with Gasteiger partial charge in [0.15, 0.2) is 0 Å². The Hall–Kier alpha value is 0.137. The lowest BCUT2D eigenvalue weighted by Gasteiger charge is -2.33. The Morgan fingerprint density at radius 2 is 2.21 bits per heavy atom. The predicted molar refractivity (Wildman–Crippen MR) is 64.1 cm³/mol. The van der Waals surface area contributed by atoms with Crippen LogP contribution >= 0.6 is 0 Å². The zero-order valence-electron chi connectivity index (χ0n) is 9.94. The van der Waals surface area contributed by atoms with E-state index in [4.69, 9.17) is 4.84 Å². The molecule has 1 rings (SSSR count). The van der Waals surface area contributed by atoms with Gasteiger partial charge in [-0.3, -0.25) is 4.84 Å². The second kappa shape index (κ2) is 5.88. The first-order valence-corrected chi connectivity index (χ1v) is 8.71. The lowest BCUT2D eigenvalue weighted by Crippen LogP contribution is -2.46. The molecule has 1 saturated heterocycles. The second-order valence-corrected chi connectivity index (χ2v) is 7.99. The summed E-state index contributed by atoms with van der Waals surface area (Å²) in [4.78, 5) is 5.97. The third-order valence-electron chi connectivity index (χ3n) is 3.51. The molecule has 84 valence electrons. The summed E-state index contributed by atoms with van der Waals surface area (Å²) in [5.74, 6) is 0. The van der Waals surface area contributed by atoms with Gasteiger partial charge in [-0.05, 0) is 12.8 Å². The Morgan fingerprint density at radius 3 is 2.71 bits per heavy atom. The topological polar surface area (TPSA) is 21.3 Å². The van der Waals surface area contributed by atoms with E-state index in [0.717, 1.165) is 6.54 Å². The SMILES string of the molecule is CCCCC1(ONCC)CCC[SiH]1C. The van der Waals surface area contributed by atoms with Gasteiger partial charge in [-0.25, -0.2) is 5.48 Å². The minimum atomic E-state index is -0.648. The van der Waals surface area contributed by atoms with Crippen LogP contribution in [-0.2, 0) is 4.84 Å². The average Bonchev–Trinajstić information content (AvgIpc) is 2.55. The number of rotatable bonds is 6. The van der Waals surface area contributed by atoms with Crippen molar-refractivity contribution >= 4 is 8.80 Å². The Kier molecular flexibility index (Phi) is 5.13. The summed E-state index contributed by atoms with van der Waals surface area (Å²) in [6, 6.07) is 1.47. The fourth-order valence-corrected chi connectivity index (χ4v) is 5.50. The third kappa shape index (κ3) is 2.81. The molecule has 0 amide bonds. The van der Waals surface area contributed by atoms with Gasteiger partial charge in [0.25, 0.3) is 0 Å². The first-order valence-electron chi connectivity index (χ1n) is 6.16. The van der Waals surface area contributed by atoms with Crippen LogP contribution < -0.4 is 5.48 Å². The summed E-state index contributed by atoms with van der Waals surface area (Å²) in [6.07, 6.45) is 6.58. The quantitative estimate of drug-likeness (QED) is 0.543. The minimum absolute atomic E-state index is 0.284. The van der Waals surface area contributed by atoms with Gasteiger partial charge in [0.2, 0.25) is 0 Å². The molecule has 1 aliphatic heterocycles. The average molecular weight is 215 g/mol. The summed E-state index contributed by atoms with van der Waals surface area (Å²) in [6.45, 7) is 7.77. The molecule has 0 bridgehead atoms. The van der Waals surface area contributed by atoms with Gasteiger partial charge < -0.3 is 0 Å². The Balaban J connectivity index is 2.49. The molecule has 0 radical (unpaired) electrons. The maximum atomic E-state index is 5.97. The molecule has 2 atom stereocenters. The molecule has 0 aromatic rings. The van der Waals surface area contributed by atoms with Crippen LogP contribution in [0.15, 0.2) is 0 Å². The summed E-state index contributed by atoms with van der Waals surface area (Å²) in [5.41, 5.74) is 3.11. The molecule has 1 aliphatic rings. The second-order valence-electron chi connectivity index (χ2n) is 4.56. The van der Waals surface area contributed by atoms with Crippen molar-refractivity contribution in [1.29, 1.82) is 0 Å². The highest BCUT2D eigenvalue weighted by atomic mass is 28.3. The molecular weight excluding hydrogens is 190 g/mol. The van der Waals surface area contributed by atoms with Crippen LogP contribution in [-0.4, -0.2) is 20.6 Å². The maximum absolute atomic E-state index is 5.97. The van der Waals surface area contributed by atoms with Crippen molar-refractivity contribution in [2.24, 2.45) is 0 Å². The van der Waals surface area contributed by atoms with Gasteiger partial charge >= 0.3 is 0 Å². The smallest absolute Gasteiger partial charge is 0.0761 e. The van der Waals surface area contributed by atoms with Gasteiger partial charge in [0.1, 0.15) is 0 Å². The number of nitrogens with one attached hydrogen (secondary N) is 1. The van der Waals surface area contributed by atoms with Crippen molar-refractivity contribution in [1.82, 2.24) is 5.48 Å². The molecule has 2 unspecified atom stereocenters. The van der Waals surface area contributed by atoms with Gasteiger partial charge in [0.05, 0.1) is 14.0 Å². The van der Waals surface area contributed by atoms with E-state index in [1.165, 1.54) is 38.1 Å². The fraction of sp³-hybridized carbons (Fsp3) is 1.00. The molecule has 14 heavy (non-hydrogen) atoms. The summed E-state index contributed by atoms with van der Waals surface area (Å²) >= 11 is 0. The van der Waals surface area contributed by atoms with E-state index in [-0.39, 0.29) is 5.22 Å². The van der Waals surface area contributed by atoms with E-state index in [1.807, 2.05) is 0 Å². The standard InChI is InChI=1S/C11H25NOSi/c1-4-6-8-11(13-12-5-2)9-7-10-14(11)3/h12,14H,4-10H2,1-3H3. The number of unbranched alkanes of at least 4 members (excludes halogenated alkanes) is 1. The molecule has 1 heterocycles. The molecule has 0 aliphatic carbocycles. The maximum Gasteiger partial charge on any atom is 0.0761 e. The Labute approximate surface area is 90.0 Å². The highest BCUT2D eigenvalue weighted by molar-refractivity contribution is 6.61. The summed E-state index contributed by atoms with van der Waals surface area (Å²) < 4.78 is 0. The molecular formula is C11H25NOSi. The van der Waals surface area contributed by atoms with Gasteiger partial charge in [-0.1, -0.05) is 45.7 Å². The zero-order chi connectivity index (χ0) is 10.4. The molecule has 0 spiro atoms. The largest absolute Gasteiger partial charge is 0.299 e. The first kappa shape index (κ1) is 12.2. The van der Waals surface area contributed by atoms with Gasteiger partial charge in [-0.15, -0.1) is 0 Å². The van der Waals surface area contributed by atoms with E-state index in [2.05, 4.69) is 25.9 Å². The number of hydrogen-bond donors (Lipinski definition) is 1.